The van der Waals surface area contributed by atoms with Gasteiger partial charge in [0.25, 0.3) is 5.91 Å². The molecule has 2 aromatic heterocycles. The predicted octanol–water partition coefficient (Wildman–Crippen LogP) is 3.74. The highest BCUT2D eigenvalue weighted by Gasteiger charge is 2.36. The summed E-state index contributed by atoms with van der Waals surface area (Å²) < 4.78 is 58.4. The van der Waals surface area contributed by atoms with Crippen LogP contribution in [-0.2, 0) is 28.5 Å². The Morgan fingerprint density at radius 2 is 2.02 bits per heavy atom. The van der Waals surface area contributed by atoms with Crippen molar-refractivity contribution < 1.29 is 37.0 Å². The average Bonchev–Trinajstić information content (AvgIpc) is 2.94. The second-order valence-electron chi connectivity index (χ2n) is 9.68. The number of aryl methyl sites for hydroxylation is 2. The molecule has 3 rings (SSSR count). The van der Waals surface area contributed by atoms with Crippen LogP contribution in [0.1, 0.15) is 52.9 Å². The third kappa shape index (κ3) is 9.12. The number of aromatic nitrogens is 2. The van der Waals surface area contributed by atoms with E-state index in [9.17, 15) is 32.3 Å². The SMILES string of the molecule is CO[C@H](CF)CN(CCCCc1ccc2c(n1)NCCC2)CC[C@H](NC(=O)c1ccncc1C(F)(F)F)C(=O)O. The average molecular weight is 570 g/mol. The summed E-state index contributed by atoms with van der Waals surface area (Å²) in [4.78, 5) is 34.4. The van der Waals surface area contributed by atoms with E-state index < -0.39 is 48.0 Å². The fourth-order valence-electron chi connectivity index (χ4n) is 4.54. The van der Waals surface area contributed by atoms with Crippen molar-refractivity contribution in [3.8, 4) is 0 Å². The zero-order valence-electron chi connectivity index (χ0n) is 22.3. The molecule has 9 nitrogen and oxygen atoms in total. The number of rotatable bonds is 15. The van der Waals surface area contributed by atoms with Crippen LogP contribution in [-0.4, -0.2) is 84.0 Å². The quantitative estimate of drug-likeness (QED) is 0.220. The molecule has 2 aromatic rings. The Balaban J connectivity index is 1.58. The molecule has 0 bridgehead atoms. The molecule has 0 radical (unpaired) electrons. The topological polar surface area (TPSA) is 117 Å². The first-order valence-electron chi connectivity index (χ1n) is 13.2. The number of fused-ring (bicyclic) bond motifs is 1. The van der Waals surface area contributed by atoms with E-state index in [0.29, 0.717) is 19.2 Å². The maximum absolute atomic E-state index is 13.4. The zero-order chi connectivity index (χ0) is 29.1. The number of amides is 1. The number of aliphatic carboxylic acids is 1. The number of carboxylic acid groups (broad SMARTS) is 1. The number of hydrogen-bond acceptors (Lipinski definition) is 7. The van der Waals surface area contributed by atoms with Gasteiger partial charge in [0.15, 0.2) is 0 Å². The second kappa shape index (κ2) is 14.9. The number of carbonyl (C=O) groups is 2. The number of nitrogens with zero attached hydrogens (tertiary/aromatic N) is 3. The van der Waals surface area contributed by atoms with Crippen molar-refractivity contribution in [1.29, 1.82) is 0 Å². The largest absolute Gasteiger partial charge is 0.480 e. The highest BCUT2D eigenvalue weighted by molar-refractivity contribution is 5.97. The van der Waals surface area contributed by atoms with Crippen LogP contribution >= 0.6 is 0 Å². The number of unbranched alkanes of at least 4 members (excludes halogenated alkanes) is 1. The van der Waals surface area contributed by atoms with Crippen LogP contribution in [0.25, 0.3) is 0 Å². The Labute approximate surface area is 230 Å². The normalized spacial score (nSPS) is 14.8. The molecule has 0 aliphatic carbocycles. The summed E-state index contributed by atoms with van der Waals surface area (Å²) in [7, 11) is 1.38. The van der Waals surface area contributed by atoms with Crippen molar-refractivity contribution >= 4 is 17.7 Å². The van der Waals surface area contributed by atoms with Crippen molar-refractivity contribution in [2.24, 2.45) is 0 Å². The first-order valence-corrected chi connectivity index (χ1v) is 13.2. The fraction of sp³-hybridized carbons (Fsp3) is 0.556. The lowest BCUT2D eigenvalue weighted by Gasteiger charge is -2.27. The van der Waals surface area contributed by atoms with Crippen molar-refractivity contribution in [3.05, 3.63) is 53.0 Å². The highest BCUT2D eigenvalue weighted by Crippen LogP contribution is 2.31. The smallest absolute Gasteiger partial charge is 0.418 e. The van der Waals surface area contributed by atoms with Gasteiger partial charge in [-0.05, 0) is 62.8 Å². The van der Waals surface area contributed by atoms with Crippen LogP contribution in [0, 0.1) is 0 Å². The van der Waals surface area contributed by atoms with Gasteiger partial charge in [0.2, 0.25) is 0 Å². The van der Waals surface area contributed by atoms with E-state index in [-0.39, 0.29) is 19.5 Å². The molecular weight excluding hydrogens is 534 g/mol. The molecule has 0 saturated carbocycles. The summed E-state index contributed by atoms with van der Waals surface area (Å²) in [5, 5.41) is 15.1. The van der Waals surface area contributed by atoms with Gasteiger partial charge in [0, 0.05) is 44.8 Å². The van der Waals surface area contributed by atoms with Gasteiger partial charge in [-0.1, -0.05) is 6.07 Å². The summed E-state index contributed by atoms with van der Waals surface area (Å²) >= 11 is 0. The maximum atomic E-state index is 13.4. The summed E-state index contributed by atoms with van der Waals surface area (Å²) in [6, 6.07) is 3.54. The molecule has 0 unspecified atom stereocenters. The summed E-state index contributed by atoms with van der Waals surface area (Å²) in [5.41, 5.74) is 0.194. The van der Waals surface area contributed by atoms with E-state index in [1.54, 1.807) is 0 Å². The fourth-order valence-corrected chi connectivity index (χ4v) is 4.54. The number of ether oxygens (including phenoxy) is 1. The van der Waals surface area contributed by atoms with E-state index >= 15 is 0 Å². The van der Waals surface area contributed by atoms with E-state index in [1.807, 2.05) is 11.0 Å². The van der Waals surface area contributed by atoms with Crippen molar-refractivity contribution in [3.63, 3.8) is 0 Å². The van der Waals surface area contributed by atoms with Crippen molar-refractivity contribution in [2.45, 2.75) is 56.8 Å². The summed E-state index contributed by atoms with van der Waals surface area (Å²) in [5.74, 6) is -1.64. The lowest BCUT2D eigenvalue weighted by atomic mass is 10.1. The molecule has 1 amide bonds. The van der Waals surface area contributed by atoms with Crippen LogP contribution in [0.3, 0.4) is 0 Å². The molecule has 220 valence electrons. The van der Waals surface area contributed by atoms with Gasteiger partial charge in [-0.15, -0.1) is 0 Å². The lowest BCUT2D eigenvalue weighted by molar-refractivity contribution is -0.139. The minimum atomic E-state index is -4.83. The van der Waals surface area contributed by atoms with Crippen molar-refractivity contribution in [2.75, 3.05) is 45.3 Å². The van der Waals surface area contributed by atoms with Gasteiger partial charge < -0.3 is 25.4 Å². The van der Waals surface area contributed by atoms with Gasteiger partial charge in [-0.3, -0.25) is 9.78 Å². The lowest BCUT2D eigenvalue weighted by Crippen LogP contribution is -2.45. The van der Waals surface area contributed by atoms with Crippen LogP contribution in [0.2, 0.25) is 0 Å². The van der Waals surface area contributed by atoms with Crippen molar-refractivity contribution in [1.82, 2.24) is 20.2 Å². The molecule has 1 aliphatic rings. The molecule has 0 saturated heterocycles. The van der Waals surface area contributed by atoms with Gasteiger partial charge in [-0.25, -0.2) is 14.2 Å². The minimum Gasteiger partial charge on any atom is -0.480 e. The van der Waals surface area contributed by atoms with Crippen LogP contribution in [0.4, 0.5) is 23.4 Å². The molecule has 1 aliphatic heterocycles. The Morgan fingerprint density at radius 1 is 1.23 bits per heavy atom. The molecule has 3 N–H and O–H groups in total. The first kappa shape index (κ1) is 31.2. The molecule has 0 spiro atoms. The van der Waals surface area contributed by atoms with Crippen LogP contribution < -0.4 is 10.6 Å². The van der Waals surface area contributed by atoms with Crippen LogP contribution in [0.15, 0.2) is 30.6 Å². The molecule has 40 heavy (non-hydrogen) atoms. The molecule has 0 fully saturated rings. The summed E-state index contributed by atoms with van der Waals surface area (Å²) in [6.07, 6.45) is 0.210. The molecular formula is C27H35F4N5O4. The van der Waals surface area contributed by atoms with E-state index in [2.05, 4.69) is 26.7 Å². The minimum absolute atomic E-state index is 0.103. The number of anilines is 1. The first-order chi connectivity index (χ1) is 19.1. The third-order valence-electron chi connectivity index (χ3n) is 6.78. The van der Waals surface area contributed by atoms with Gasteiger partial charge >= 0.3 is 12.1 Å². The Kier molecular flexibility index (Phi) is 11.6. The van der Waals surface area contributed by atoms with E-state index in [0.717, 1.165) is 56.0 Å². The maximum Gasteiger partial charge on any atom is 0.418 e. The standard InChI is InChI=1S/C27H35F4N5O4/c1-40-20(15-28)17-36(13-3-2-6-19-8-7-18-5-4-11-33-24(18)34-19)14-10-23(26(38)39)35-25(37)21-9-12-32-16-22(21)27(29,30)31/h7-9,12,16,20,23H,2-6,10-11,13-15,17H2,1H3,(H,33,34)(H,35,37)(H,38,39)/t20-,23+/m1/s1. The Morgan fingerprint density at radius 3 is 2.73 bits per heavy atom. The second-order valence-corrected chi connectivity index (χ2v) is 9.68. The zero-order valence-corrected chi connectivity index (χ0v) is 22.3. The van der Waals surface area contributed by atoms with Gasteiger partial charge in [0.1, 0.15) is 18.5 Å². The monoisotopic (exact) mass is 569 g/mol. The van der Waals surface area contributed by atoms with Gasteiger partial charge in [-0.2, -0.15) is 13.2 Å². The molecule has 13 heteroatoms. The van der Waals surface area contributed by atoms with Gasteiger partial charge in [0.05, 0.1) is 17.2 Å². The summed E-state index contributed by atoms with van der Waals surface area (Å²) in [6.45, 7) is 1.02. The number of carboxylic acids is 1. The molecule has 3 heterocycles. The Bertz CT molecular complexity index is 1130. The van der Waals surface area contributed by atoms with E-state index in [4.69, 9.17) is 4.74 Å². The number of hydrogen-bond donors (Lipinski definition) is 3. The number of alkyl halides is 4. The predicted molar refractivity (Wildman–Crippen MR) is 140 cm³/mol. The number of pyridine rings is 2. The number of methoxy groups -OCH3 is 1. The number of halogens is 4. The Hall–Kier alpha value is -3.32. The highest BCUT2D eigenvalue weighted by atomic mass is 19.4. The molecule has 2 atom stereocenters. The number of carbonyl (C=O) groups excluding carboxylic acids is 1. The van der Waals surface area contributed by atoms with E-state index in [1.165, 1.54) is 12.7 Å². The molecule has 0 aromatic carbocycles. The van der Waals surface area contributed by atoms with Crippen LogP contribution in [0.5, 0.6) is 0 Å². The number of nitrogens with one attached hydrogen (secondary N) is 2. The third-order valence-corrected chi connectivity index (χ3v) is 6.78.